The van der Waals surface area contributed by atoms with Crippen molar-refractivity contribution in [2.24, 2.45) is 0 Å². The van der Waals surface area contributed by atoms with Gasteiger partial charge < -0.3 is 5.32 Å². The molecule has 0 aliphatic rings. The third-order valence-electron chi connectivity index (χ3n) is 2.97. The van der Waals surface area contributed by atoms with Crippen molar-refractivity contribution in [3.8, 4) is 0 Å². The molecule has 0 saturated carbocycles. The second-order valence-corrected chi connectivity index (χ2v) is 4.31. The average molecular weight is 220 g/mol. The van der Waals surface area contributed by atoms with Crippen molar-refractivity contribution in [3.63, 3.8) is 0 Å². The van der Waals surface area contributed by atoms with Crippen LogP contribution in [0, 0.1) is 0 Å². The van der Waals surface area contributed by atoms with E-state index in [-0.39, 0.29) is 0 Å². The summed E-state index contributed by atoms with van der Waals surface area (Å²) < 4.78 is 0. The lowest BCUT2D eigenvalue weighted by Gasteiger charge is -2.16. The number of nitrogens with one attached hydrogen (secondary N) is 1. The highest BCUT2D eigenvalue weighted by atomic mass is 14.9. The molecule has 0 radical (unpaired) electrons. The predicted octanol–water partition coefficient (Wildman–Crippen LogP) is 3.18. The highest BCUT2D eigenvalue weighted by molar-refractivity contribution is 5.08. The molecule has 90 valence electrons. The van der Waals surface area contributed by atoms with Gasteiger partial charge in [0.25, 0.3) is 0 Å². The minimum atomic E-state index is 0.691. The molecule has 2 nitrogen and oxygen atoms in total. The van der Waals surface area contributed by atoms with Gasteiger partial charge in [-0.15, -0.1) is 0 Å². The first-order valence-electron chi connectivity index (χ1n) is 6.49. The van der Waals surface area contributed by atoms with Gasteiger partial charge in [-0.3, -0.25) is 4.98 Å². The van der Waals surface area contributed by atoms with Crippen LogP contribution in [0.2, 0.25) is 0 Å². The molecule has 1 atom stereocenters. The lowest BCUT2D eigenvalue weighted by atomic mass is 10.1. The summed E-state index contributed by atoms with van der Waals surface area (Å²) in [6.45, 7) is 5.58. The van der Waals surface area contributed by atoms with Crippen LogP contribution < -0.4 is 5.32 Å². The second kappa shape index (κ2) is 8.28. The average Bonchev–Trinajstić information content (AvgIpc) is 2.35. The van der Waals surface area contributed by atoms with E-state index in [1.807, 2.05) is 18.5 Å². The summed E-state index contributed by atoms with van der Waals surface area (Å²) in [6.07, 6.45) is 10.0. The zero-order valence-electron chi connectivity index (χ0n) is 10.6. The third kappa shape index (κ3) is 5.26. The molecule has 1 aromatic rings. The van der Waals surface area contributed by atoms with E-state index in [0.717, 1.165) is 13.0 Å². The van der Waals surface area contributed by atoms with Gasteiger partial charge in [0.15, 0.2) is 0 Å². The van der Waals surface area contributed by atoms with Gasteiger partial charge in [-0.25, -0.2) is 0 Å². The van der Waals surface area contributed by atoms with Crippen LogP contribution in [-0.2, 0) is 6.42 Å². The lowest BCUT2D eigenvalue weighted by Crippen LogP contribution is -2.30. The number of aromatic nitrogens is 1. The van der Waals surface area contributed by atoms with Crippen LogP contribution in [0.15, 0.2) is 24.5 Å². The van der Waals surface area contributed by atoms with Crippen molar-refractivity contribution >= 4 is 0 Å². The molecule has 2 heteroatoms. The van der Waals surface area contributed by atoms with Gasteiger partial charge >= 0.3 is 0 Å². The molecule has 0 aliphatic carbocycles. The van der Waals surface area contributed by atoms with E-state index in [9.17, 15) is 0 Å². The second-order valence-electron chi connectivity index (χ2n) is 4.31. The smallest absolute Gasteiger partial charge is 0.0300 e. The van der Waals surface area contributed by atoms with Crippen molar-refractivity contribution in [1.29, 1.82) is 0 Å². The molecule has 1 unspecified atom stereocenters. The summed E-state index contributed by atoms with van der Waals surface area (Å²) in [4.78, 5) is 4.12. The number of unbranched alkanes of at least 4 members (excludes halogenated alkanes) is 1. The SMILES string of the molecule is CCCCC(CC)NCCc1cccnc1. The molecular weight excluding hydrogens is 196 g/mol. The van der Waals surface area contributed by atoms with Crippen LogP contribution >= 0.6 is 0 Å². The molecule has 0 fully saturated rings. The van der Waals surface area contributed by atoms with Crippen molar-refractivity contribution in [3.05, 3.63) is 30.1 Å². The monoisotopic (exact) mass is 220 g/mol. The number of hydrogen-bond donors (Lipinski definition) is 1. The van der Waals surface area contributed by atoms with Gasteiger partial charge in [-0.1, -0.05) is 32.8 Å². The van der Waals surface area contributed by atoms with Crippen LogP contribution in [0.25, 0.3) is 0 Å². The minimum Gasteiger partial charge on any atom is -0.314 e. The first-order chi connectivity index (χ1) is 7.86. The minimum absolute atomic E-state index is 0.691. The summed E-state index contributed by atoms with van der Waals surface area (Å²) in [5.74, 6) is 0. The van der Waals surface area contributed by atoms with E-state index in [4.69, 9.17) is 0 Å². The van der Waals surface area contributed by atoms with Gasteiger partial charge in [0.05, 0.1) is 0 Å². The summed E-state index contributed by atoms with van der Waals surface area (Å²) in [5.41, 5.74) is 1.32. The Kier molecular flexibility index (Phi) is 6.82. The molecular formula is C14H24N2. The van der Waals surface area contributed by atoms with E-state index < -0.39 is 0 Å². The normalized spacial score (nSPS) is 12.6. The number of pyridine rings is 1. The highest BCUT2D eigenvalue weighted by Gasteiger charge is 2.03. The van der Waals surface area contributed by atoms with Gasteiger partial charge in [-0.05, 0) is 37.4 Å². The van der Waals surface area contributed by atoms with Crippen molar-refractivity contribution in [1.82, 2.24) is 10.3 Å². The summed E-state index contributed by atoms with van der Waals surface area (Å²) >= 11 is 0. The molecule has 0 aliphatic heterocycles. The molecule has 0 amide bonds. The molecule has 0 spiro atoms. The number of hydrogen-bond acceptors (Lipinski definition) is 2. The quantitative estimate of drug-likeness (QED) is 0.728. The summed E-state index contributed by atoms with van der Waals surface area (Å²) in [6, 6.07) is 4.84. The Hall–Kier alpha value is -0.890. The predicted molar refractivity (Wildman–Crippen MR) is 69.5 cm³/mol. The zero-order valence-corrected chi connectivity index (χ0v) is 10.6. The third-order valence-corrected chi connectivity index (χ3v) is 2.97. The van der Waals surface area contributed by atoms with Gasteiger partial charge in [-0.2, -0.15) is 0 Å². The van der Waals surface area contributed by atoms with Crippen LogP contribution in [0.5, 0.6) is 0 Å². The molecule has 0 aromatic carbocycles. The zero-order chi connectivity index (χ0) is 11.6. The van der Waals surface area contributed by atoms with Crippen LogP contribution in [-0.4, -0.2) is 17.6 Å². The Morgan fingerprint density at radius 2 is 2.25 bits per heavy atom. The highest BCUT2D eigenvalue weighted by Crippen LogP contribution is 2.04. The van der Waals surface area contributed by atoms with Crippen molar-refractivity contribution in [2.45, 2.75) is 52.0 Å². The molecule has 0 saturated heterocycles. The van der Waals surface area contributed by atoms with Gasteiger partial charge in [0, 0.05) is 18.4 Å². The Morgan fingerprint density at radius 3 is 2.88 bits per heavy atom. The Morgan fingerprint density at radius 1 is 1.38 bits per heavy atom. The lowest BCUT2D eigenvalue weighted by molar-refractivity contribution is 0.456. The van der Waals surface area contributed by atoms with Gasteiger partial charge in [0.1, 0.15) is 0 Å². The van der Waals surface area contributed by atoms with E-state index in [1.165, 1.54) is 31.2 Å². The molecule has 1 aromatic heterocycles. The fraction of sp³-hybridized carbons (Fsp3) is 0.643. The van der Waals surface area contributed by atoms with Crippen LogP contribution in [0.1, 0.15) is 45.1 Å². The molecule has 16 heavy (non-hydrogen) atoms. The largest absolute Gasteiger partial charge is 0.314 e. The van der Waals surface area contributed by atoms with E-state index in [0.29, 0.717) is 6.04 Å². The fourth-order valence-electron chi connectivity index (χ4n) is 1.87. The standard InChI is InChI=1S/C14H24N2/c1-3-5-8-14(4-2)16-11-9-13-7-6-10-15-12-13/h6-7,10,12,14,16H,3-5,8-9,11H2,1-2H3. The summed E-state index contributed by atoms with van der Waals surface area (Å²) in [5, 5.41) is 3.62. The maximum absolute atomic E-state index is 4.12. The van der Waals surface area contributed by atoms with E-state index >= 15 is 0 Å². The number of nitrogens with zero attached hydrogens (tertiary/aromatic N) is 1. The number of rotatable bonds is 8. The Labute approximate surface area is 99.5 Å². The van der Waals surface area contributed by atoms with Gasteiger partial charge in [0.2, 0.25) is 0 Å². The molecule has 1 N–H and O–H groups in total. The molecule has 1 heterocycles. The maximum atomic E-state index is 4.12. The topological polar surface area (TPSA) is 24.9 Å². The molecule has 0 bridgehead atoms. The van der Waals surface area contributed by atoms with Crippen LogP contribution in [0.4, 0.5) is 0 Å². The Balaban J connectivity index is 2.18. The van der Waals surface area contributed by atoms with E-state index in [2.05, 4.69) is 30.2 Å². The van der Waals surface area contributed by atoms with Crippen molar-refractivity contribution in [2.75, 3.05) is 6.54 Å². The molecule has 1 rings (SSSR count). The van der Waals surface area contributed by atoms with Crippen molar-refractivity contribution < 1.29 is 0 Å². The Bertz CT molecular complexity index is 259. The maximum Gasteiger partial charge on any atom is 0.0300 e. The summed E-state index contributed by atoms with van der Waals surface area (Å²) in [7, 11) is 0. The van der Waals surface area contributed by atoms with Crippen LogP contribution in [0.3, 0.4) is 0 Å². The first kappa shape index (κ1) is 13.2. The van der Waals surface area contributed by atoms with E-state index in [1.54, 1.807) is 0 Å². The fourth-order valence-corrected chi connectivity index (χ4v) is 1.87. The first-order valence-corrected chi connectivity index (χ1v) is 6.49.